The van der Waals surface area contributed by atoms with Gasteiger partial charge in [-0.2, -0.15) is 0 Å². The SMILES string of the molecule is CC1C=C(c2cc(-c3ccc(-c4ccccc4)cc3)nc(C3=CC(=N)/C=C\C=C/CC=C3)n2)C=C(Cc2cnc3ccccc3c2)C1. The summed E-state index contributed by atoms with van der Waals surface area (Å²) in [4.78, 5) is 15.0. The number of rotatable bonds is 6. The topological polar surface area (TPSA) is 62.5 Å². The lowest BCUT2D eigenvalue weighted by molar-refractivity contribution is 0.696. The van der Waals surface area contributed by atoms with Crippen molar-refractivity contribution in [1.29, 1.82) is 5.41 Å². The maximum atomic E-state index is 8.54. The van der Waals surface area contributed by atoms with Crippen LogP contribution in [-0.2, 0) is 6.42 Å². The number of para-hydroxylation sites is 1. The lowest BCUT2D eigenvalue weighted by Gasteiger charge is -2.20. The number of allylic oxidation sites excluding steroid dienone is 12. The number of nitrogens with one attached hydrogen (secondary N) is 1. The van der Waals surface area contributed by atoms with Crippen molar-refractivity contribution < 1.29 is 0 Å². The fourth-order valence-electron chi connectivity index (χ4n) is 6.19. The Bertz CT molecular complexity index is 2130. The van der Waals surface area contributed by atoms with Gasteiger partial charge in [-0.3, -0.25) is 4.98 Å². The maximum absolute atomic E-state index is 8.54. The van der Waals surface area contributed by atoms with E-state index < -0.39 is 0 Å². The summed E-state index contributed by atoms with van der Waals surface area (Å²) in [5, 5.41) is 9.71. The zero-order valence-corrected chi connectivity index (χ0v) is 26.5. The van der Waals surface area contributed by atoms with Gasteiger partial charge in [0.1, 0.15) is 0 Å². The molecule has 0 aliphatic heterocycles. The number of aromatic nitrogens is 3. The first kappa shape index (κ1) is 29.9. The Kier molecular flexibility index (Phi) is 8.74. The largest absolute Gasteiger partial charge is 0.301 e. The minimum atomic E-state index is 0.364. The van der Waals surface area contributed by atoms with Gasteiger partial charge in [-0.1, -0.05) is 128 Å². The van der Waals surface area contributed by atoms with Gasteiger partial charge in [-0.15, -0.1) is 0 Å². The molecule has 7 rings (SSSR count). The van der Waals surface area contributed by atoms with Gasteiger partial charge in [-0.05, 0) is 77.8 Å². The van der Waals surface area contributed by atoms with Crippen LogP contribution in [0.15, 0.2) is 157 Å². The predicted octanol–water partition coefficient (Wildman–Crippen LogP) is 10.4. The molecule has 2 aliphatic rings. The molecule has 0 radical (unpaired) electrons. The van der Waals surface area contributed by atoms with Crippen molar-refractivity contribution in [3.05, 3.63) is 175 Å². The first-order valence-electron chi connectivity index (χ1n) is 16.2. The third-order valence-corrected chi connectivity index (χ3v) is 8.46. The van der Waals surface area contributed by atoms with Crippen LogP contribution in [0.1, 0.15) is 36.8 Å². The Labute approximate surface area is 276 Å². The van der Waals surface area contributed by atoms with E-state index in [-0.39, 0.29) is 0 Å². The Balaban J connectivity index is 1.29. The van der Waals surface area contributed by atoms with Crippen LogP contribution in [0.4, 0.5) is 0 Å². The van der Waals surface area contributed by atoms with Crippen LogP contribution in [0, 0.1) is 11.3 Å². The molecule has 2 aliphatic carbocycles. The zero-order valence-electron chi connectivity index (χ0n) is 26.5. The number of benzene rings is 3. The van der Waals surface area contributed by atoms with Crippen LogP contribution < -0.4 is 0 Å². The van der Waals surface area contributed by atoms with Crippen LogP contribution in [0.25, 0.3) is 44.4 Å². The molecule has 1 atom stereocenters. The summed E-state index contributed by atoms with van der Waals surface area (Å²) in [6.07, 6.45) is 23.0. The Morgan fingerprint density at radius 1 is 0.723 bits per heavy atom. The molecule has 0 bridgehead atoms. The van der Waals surface area contributed by atoms with Crippen LogP contribution in [0.3, 0.4) is 0 Å². The monoisotopic (exact) mass is 608 g/mol. The summed E-state index contributed by atoms with van der Waals surface area (Å²) in [5.41, 5.74) is 11.0. The van der Waals surface area contributed by atoms with E-state index in [0.717, 1.165) is 63.8 Å². The van der Waals surface area contributed by atoms with Crippen molar-refractivity contribution in [2.24, 2.45) is 5.92 Å². The van der Waals surface area contributed by atoms with Gasteiger partial charge in [0.15, 0.2) is 5.82 Å². The van der Waals surface area contributed by atoms with E-state index in [9.17, 15) is 0 Å². The second kappa shape index (κ2) is 13.7. The van der Waals surface area contributed by atoms with Gasteiger partial charge in [0.2, 0.25) is 0 Å². The van der Waals surface area contributed by atoms with E-state index in [1.54, 1.807) is 6.08 Å². The molecule has 2 aromatic heterocycles. The second-order valence-electron chi connectivity index (χ2n) is 12.2. The lowest BCUT2D eigenvalue weighted by atomic mass is 9.87. The van der Waals surface area contributed by atoms with Crippen LogP contribution in [-0.4, -0.2) is 20.7 Å². The molecular formula is C43H36N4. The van der Waals surface area contributed by atoms with Crippen molar-refractivity contribution in [2.75, 3.05) is 0 Å². The van der Waals surface area contributed by atoms with Crippen molar-refractivity contribution >= 4 is 27.8 Å². The van der Waals surface area contributed by atoms with Gasteiger partial charge in [-0.25, -0.2) is 9.97 Å². The molecule has 5 aromatic rings. The Morgan fingerprint density at radius 2 is 1.49 bits per heavy atom. The van der Waals surface area contributed by atoms with E-state index in [0.29, 0.717) is 17.5 Å². The standard InChI is InChI=1S/C43H36N4/c1-30-22-31(24-32-26-36-14-10-11-17-40(36)45-29-32)25-38(23-30)42-28-41(35-20-18-34(19-21-35)33-12-7-5-8-13-33)46-43(47-42)37-15-6-3-2-4-9-16-39(44)27-37/h2,4-21,23,25-30,44H,3,22,24H2,1H3/b4-2-,15-6?,16-9-,37-27?,44-39?. The van der Waals surface area contributed by atoms with Gasteiger partial charge in [0.05, 0.1) is 22.6 Å². The Hall–Kier alpha value is -5.74. The van der Waals surface area contributed by atoms with Crippen LogP contribution in [0.5, 0.6) is 0 Å². The first-order chi connectivity index (χ1) is 23.1. The average molecular weight is 609 g/mol. The first-order valence-corrected chi connectivity index (χ1v) is 16.2. The molecule has 1 unspecified atom stereocenters. The van der Waals surface area contributed by atoms with Gasteiger partial charge < -0.3 is 5.41 Å². The molecule has 0 saturated heterocycles. The number of fused-ring (bicyclic) bond motifs is 1. The third kappa shape index (κ3) is 7.23. The summed E-state index contributed by atoms with van der Waals surface area (Å²) in [5.74, 6) is 0.972. The van der Waals surface area contributed by atoms with E-state index in [4.69, 9.17) is 20.4 Å². The van der Waals surface area contributed by atoms with Crippen molar-refractivity contribution in [3.8, 4) is 22.4 Å². The molecule has 0 saturated carbocycles. The minimum absolute atomic E-state index is 0.364. The highest BCUT2D eigenvalue weighted by Crippen LogP contribution is 2.33. The van der Waals surface area contributed by atoms with Gasteiger partial charge in [0.25, 0.3) is 0 Å². The Morgan fingerprint density at radius 3 is 2.36 bits per heavy atom. The molecule has 47 heavy (non-hydrogen) atoms. The quantitative estimate of drug-likeness (QED) is 0.209. The summed E-state index contributed by atoms with van der Waals surface area (Å²) in [6.45, 7) is 2.27. The third-order valence-electron chi connectivity index (χ3n) is 8.46. The van der Waals surface area contributed by atoms with Crippen molar-refractivity contribution in [1.82, 2.24) is 15.0 Å². The molecule has 228 valence electrons. The number of hydrogen-bond acceptors (Lipinski definition) is 4. The van der Waals surface area contributed by atoms with Crippen molar-refractivity contribution in [2.45, 2.75) is 26.2 Å². The summed E-state index contributed by atoms with van der Waals surface area (Å²) in [6, 6.07) is 31.6. The van der Waals surface area contributed by atoms with Gasteiger partial charge >= 0.3 is 0 Å². The summed E-state index contributed by atoms with van der Waals surface area (Å²) < 4.78 is 0. The molecule has 0 fully saturated rings. The normalized spacial score (nSPS) is 17.9. The van der Waals surface area contributed by atoms with E-state index >= 15 is 0 Å². The second-order valence-corrected chi connectivity index (χ2v) is 12.2. The fourth-order valence-corrected chi connectivity index (χ4v) is 6.19. The van der Waals surface area contributed by atoms with Crippen molar-refractivity contribution in [3.63, 3.8) is 0 Å². The summed E-state index contributed by atoms with van der Waals surface area (Å²) >= 11 is 0. The smallest absolute Gasteiger partial charge is 0.160 e. The highest BCUT2D eigenvalue weighted by atomic mass is 14.9. The lowest BCUT2D eigenvalue weighted by Crippen LogP contribution is -2.07. The molecule has 4 nitrogen and oxygen atoms in total. The average Bonchev–Trinajstić information content (AvgIpc) is 3.11. The van der Waals surface area contributed by atoms with Gasteiger partial charge in [0, 0.05) is 22.7 Å². The van der Waals surface area contributed by atoms with E-state index in [1.807, 2.05) is 42.6 Å². The number of hydrogen-bond donors (Lipinski definition) is 1. The highest BCUT2D eigenvalue weighted by molar-refractivity contribution is 6.07. The fraction of sp³-hybridized carbons (Fsp3) is 0.116. The molecule has 2 heterocycles. The zero-order chi connectivity index (χ0) is 32.0. The number of nitrogens with zero attached hydrogens (tertiary/aromatic N) is 3. The molecule has 4 heteroatoms. The van der Waals surface area contributed by atoms with E-state index in [2.05, 4.69) is 110 Å². The predicted molar refractivity (Wildman–Crippen MR) is 196 cm³/mol. The molecule has 0 amide bonds. The minimum Gasteiger partial charge on any atom is -0.301 e. The molecule has 3 aromatic carbocycles. The molecule has 0 spiro atoms. The highest BCUT2D eigenvalue weighted by Gasteiger charge is 2.18. The maximum Gasteiger partial charge on any atom is 0.160 e. The summed E-state index contributed by atoms with van der Waals surface area (Å²) in [7, 11) is 0. The van der Waals surface area contributed by atoms with E-state index in [1.165, 1.54) is 16.7 Å². The number of pyridine rings is 1. The van der Waals surface area contributed by atoms with Crippen LogP contribution in [0.2, 0.25) is 0 Å². The molecular weight excluding hydrogens is 573 g/mol. The molecule has 1 N–H and O–H groups in total. The van der Waals surface area contributed by atoms with Crippen LogP contribution >= 0.6 is 0 Å².